The van der Waals surface area contributed by atoms with Gasteiger partial charge in [0, 0.05) is 43.3 Å². The van der Waals surface area contributed by atoms with Crippen molar-refractivity contribution in [2.45, 2.75) is 50.4 Å². The minimum atomic E-state index is -4.93. The van der Waals surface area contributed by atoms with E-state index in [2.05, 4.69) is 20.3 Å². The van der Waals surface area contributed by atoms with Crippen molar-refractivity contribution in [1.82, 2.24) is 15.4 Å². The van der Waals surface area contributed by atoms with Crippen molar-refractivity contribution in [3.63, 3.8) is 0 Å². The molecule has 2 fully saturated rings. The van der Waals surface area contributed by atoms with Gasteiger partial charge in [-0.05, 0) is 56.7 Å². The number of aliphatic hydroxyl groups is 1. The Hall–Kier alpha value is -2.04. The summed E-state index contributed by atoms with van der Waals surface area (Å²) < 4.78 is 42.8. The highest BCUT2D eigenvalue weighted by Gasteiger charge is 2.44. The molecular formula is C22H28ClF3N4O3. The van der Waals surface area contributed by atoms with Crippen LogP contribution in [0.25, 0.3) is 11.0 Å². The molecule has 2 N–H and O–H groups in total. The first kappa shape index (κ1) is 24.1. The average Bonchev–Trinajstić information content (AvgIpc) is 3.20. The highest BCUT2D eigenvalue weighted by Crippen LogP contribution is 2.30. The summed E-state index contributed by atoms with van der Waals surface area (Å²) in [6, 6.07) is 5.22. The third-order valence-corrected chi connectivity index (χ3v) is 6.93. The fourth-order valence-corrected chi connectivity index (χ4v) is 4.86. The number of amides is 1. The molecule has 0 bridgehead atoms. The number of piperazine rings is 1. The first-order chi connectivity index (χ1) is 15.7. The Balaban J connectivity index is 1.17. The van der Waals surface area contributed by atoms with Crippen LogP contribution in [0.3, 0.4) is 0 Å². The molecule has 1 aromatic carbocycles. The van der Waals surface area contributed by atoms with E-state index in [0.717, 1.165) is 63.2 Å². The van der Waals surface area contributed by atoms with Crippen LogP contribution in [0.1, 0.15) is 32.1 Å². The number of benzene rings is 1. The monoisotopic (exact) mass is 488 g/mol. The van der Waals surface area contributed by atoms with E-state index in [0.29, 0.717) is 29.4 Å². The van der Waals surface area contributed by atoms with Crippen molar-refractivity contribution in [2.75, 3.05) is 37.6 Å². The van der Waals surface area contributed by atoms with Crippen molar-refractivity contribution >= 4 is 34.3 Å². The fourth-order valence-electron chi connectivity index (χ4n) is 4.70. The van der Waals surface area contributed by atoms with Gasteiger partial charge in [0.1, 0.15) is 0 Å². The maximum atomic E-state index is 12.4. The van der Waals surface area contributed by atoms with Crippen LogP contribution in [0.4, 0.5) is 19.0 Å². The number of nitrogens with one attached hydrogen (secondary N) is 1. The number of carbonyl (C=O) groups is 1. The Kier molecular flexibility index (Phi) is 7.35. The number of aromatic nitrogens is 1. The molecule has 2 aromatic rings. The molecular weight excluding hydrogens is 461 g/mol. The lowest BCUT2D eigenvalue weighted by molar-refractivity contribution is -0.205. The van der Waals surface area contributed by atoms with E-state index in [1.807, 2.05) is 12.1 Å². The van der Waals surface area contributed by atoms with E-state index in [-0.39, 0.29) is 6.04 Å². The van der Waals surface area contributed by atoms with Gasteiger partial charge in [-0.3, -0.25) is 9.69 Å². The predicted molar refractivity (Wildman–Crippen MR) is 118 cm³/mol. The molecule has 11 heteroatoms. The van der Waals surface area contributed by atoms with E-state index in [1.54, 1.807) is 6.07 Å². The molecule has 1 aliphatic heterocycles. The van der Waals surface area contributed by atoms with Crippen LogP contribution in [-0.2, 0) is 4.79 Å². The van der Waals surface area contributed by atoms with Crippen molar-refractivity contribution < 1.29 is 27.6 Å². The van der Waals surface area contributed by atoms with E-state index < -0.39 is 18.2 Å². The Labute approximate surface area is 194 Å². The highest BCUT2D eigenvalue weighted by molar-refractivity contribution is 6.31. The normalized spacial score (nSPS) is 23.6. The maximum absolute atomic E-state index is 12.4. The zero-order valence-corrected chi connectivity index (χ0v) is 18.9. The summed E-state index contributed by atoms with van der Waals surface area (Å²) >= 11 is 6.01. The molecule has 1 saturated carbocycles. The van der Waals surface area contributed by atoms with Crippen molar-refractivity contribution in [2.24, 2.45) is 5.92 Å². The summed E-state index contributed by atoms with van der Waals surface area (Å²) in [7, 11) is 0. The van der Waals surface area contributed by atoms with E-state index in [4.69, 9.17) is 21.2 Å². The lowest BCUT2D eigenvalue weighted by Crippen LogP contribution is -2.49. The largest absolute Gasteiger partial charge is 0.423 e. The molecule has 0 spiro atoms. The Bertz CT molecular complexity index is 954. The zero-order chi connectivity index (χ0) is 23.6. The Morgan fingerprint density at radius 2 is 1.91 bits per heavy atom. The standard InChI is InChI=1S/C22H28ClF3N4O3/c23-15-3-6-17-18(13-15)33-28-20(17)30-11-9-29(10-12-30)8-7-14-1-4-16(5-2-14)27-21(32)19(31)22(24,25)26/h3,6,13-14,16,19,31H,1-2,4-5,7-12H2,(H,27,32). The van der Waals surface area contributed by atoms with Crippen molar-refractivity contribution in [1.29, 1.82) is 0 Å². The number of anilines is 1. The minimum absolute atomic E-state index is 0.304. The van der Waals surface area contributed by atoms with Gasteiger partial charge in [-0.15, -0.1) is 0 Å². The number of alkyl halides is 3. The van der Waals surface area contributed by atoms with Gasteiger partial charge in [0.2, 0.25) is 6.10 Å². The summed E-state index contributed by atoms with van der Waals surface area (Å²) in [6.07, 6.45) is -3.87. The van der Waals surface area contributed by atoms with Crippen LogP contribution in [0, 0.1) is 5.92 Å². The molecule has 7 nitrogen and oxygen atoms in total. The molecule has 1 aromatic heterocycles. The predicted octanol–water partition coefficient (Wildman–Crippen LogP) is 3.59. The van der Waals surface area contributed by atoms with Gasteiger partial charge in [-0.1, -0.05) is 16.8 Å². The third kappa shape index (κ3) is 5.91. The topological polar surface area (TPSA) is 81.8 Å². The highest BCUT2D eigenvalue weighted by atomic mass is 35.5. The summed E-state index contributed by atoms with van der Waals surface area (Å²) in [5.74, 6) is -0.0166. The van der Waals surface area contributed by atoms with Crippen LogP contribution >= 0.6 is 11.6 Å². The van der Waals surface area contributed by atoms with Crippen LogP contribution < -0.4 is 10.2 Å². The Morgan fingerprint density at radius 1 is 1.21 bits per heavy atom. The number of fused-ring (bicyclic) bond motifs is 1. The van der Waals surface area contributed by atoms with Crippen molar-refractivity contribution in [3.8, 4) is 0 Å². The average molecular weight is 489 g/mol. The van der Waals surface area contributed by atoms with E-state index in [1.165, 1.54) is 0 Å². The van der Waals surface area contributed by atoms with E-state index >= 15 is 0 Å². The fraction of sp³-hybridized carbons (Fsp3) is 0.636. The van der Waals surface area contributed by atoms with Crippen LogP contribution in [0.5, 0.6) is 0 Å². The lowest BCUT2D eigenvalue weighted by Gasteiger charge is -2.36. The molecule has 4 rings (SSSR count). The minimum Gasteiger partial charge on any atom is -0.376 e. The van der Waals surface area contributed by atoms with Gasteiger partial charge in [0.15, 0.2) is 11.4 Å². The molecule has 0 radical (unpaired) electrons. The molecule has 33 heavy (non-hydrogen) atoms. The van der Waals surface area contributed by atoms with Crippen LogP contribution in [0.2, 0.25) is 5.02 Å². The summed E-state index contributed by atoms with van der Waals surface area (Å²) in [5, 5.41) is 17.2. The van der Waals surface area contributed by atoms with E-state index in [9.17, 15) is 18.0 Å². The van der Waals surface area contributed by atoms with Crippen LogP contribution in [-0.4, -0.2) is 72.1 Å². The summed E-state index contributed by atoms with van der Waals surface area (Å²) in [4.78, 5) is 16.2. The number of rotatable bonds is 6. The molecule has 1 unspecified atom stereocenters. The summed E-state index contributed by atoms with van der Waals surface area (Å²) in [5.41, 5.74) is 0.680. The first-order valence-electron chi connectivity index (χ1n) is 11.3. The van der Waals surface area contributed by atoms with Gasteiger partial charge >= 0.3 is 6.18 Å². The third-order valence-electron chi connectivity index (χ3n) is 6.69. The Morgan fingerprint density at radius 3 is 2.58 bits per heavy atom. The van der Waals surface area contributed by atoms with Crippen LogP contribution in [0.15, 0.2) is 22.7 Å². The lowest BCUT2D eigenvalue weighted by atomic mass is 9.84. The quantitative estimate of drug-likeness (QED) is 0.646. The second-order valence-electron chi connectivity index (χ2n) is 8.93. The molecule has 182 valence electrons. The molecule has 1 amide bonds. The number of hydrogen-bond acceptors (Lipinski definition) is 6. The number of halogens is 4. The van der Waals surface area contributed by atoms with Gasteiger partial charge < -0.3 is 19.8 Å². The molecule has 2 heterocycles. The van der Waals surface area contributed by atoms with Gasteiger partial charge in [0.05, 0.1) is 5.39 Å². The second-order valence-corrected chi connectivity index (χ2v) is 9.37. The second kappa shape index (κ2) is 10.1. The first-order valence-corrected chi connectivity index (χ1v) is 11.7. The summed E-state index contributed by atoms with van der Waals surface area (Å²) in [6.45, 7) is 4.51. The van der Waals surface area contributed by atoms with Gasteiger partial charge in [-0.2, -0.15) is 13.2 Å². The smallest absolute Gasteiger partial charge is 0.376 e. The molecule has 1 atom stereocenters. The number of aliphatic hydroxyl groups excluding tert-OH is 1. The van der Waals surface area contributed by atoms with Gasteiger partial charge in [0.25, 0.3) is 5.91 Å². The molecule has 1 aliphatic carbocycles. The zero-order valence-electron chi connectivity index (χ0n) is 18.2. The molecule has 2 aliphatic rings. The maximum Gasteiger partial charge on any atom is 0.423 e. The van der Waals surface area contributed by atoms with Crippen molar-refractivity contribution in [3.05, 3.63) is 23.2 Å². The number of nitrogens with zero attached hydrogens (tertiary/aromatic N) is 3. The SMILES string of the molecule is O=C(NC1CCC(CCN2CCN(c3noc4cc(Cl)ccc34)CC2)CC1)C(O)C(F)(F)F. The number of hydrogen-bond donors (Lipinski definition) is 2. The molecule has 1 saturated heterocycles. The van der Waals surface area contributed by atoms with Gasteiger partial charge in [-0.25, -0.2) is 0 Å². The number of carbonyl (C=O) groups excluding carboxylic acids is 1.